The van der Waals surface area contributed by atoms with Gasteiger partial charge in [-0.05, 0) is 24.6 Å². The van der Waals surface area contributed by atoms with Crippen LogP contribution in [0, 0.1) is 12.7 Å². The molecule has 12 heteroatoms. The Morgan fingerprint density at radius 2 is 2.11 bits per heavy atom. The maximum absolute atomic E-state index is 15.2. The summed E-state index contributed by atoms with van der Waals surface area (Å²) in [6.45, 7) is 4.90. The summed E-state index contributed by atoms with van der Waals surface area (Å²) in [5, 5.41) is 10.6. The largest absolute Gasteiger partial charge is 0.488 e. The molecule has 0 radical (unpaired) electrons. The molecule has 186 valence electrons. The third kappa shape index (κ3) is 3.91. The first-order valence-corrected chi connectivity index (χ1v) is 11.9. The van der Waals surface area contributed by atoms with Crippen LogP contribution >= 0.6 is 0 Å². The van der Waals surface area contributed by atoms with E-state index < -0.39 is 5.82 Å². The monoisotopic (exact) mass is 499 g/mol. The summed E-state index contributed by atoms with van der Waals surface area (Å²) >= 11 is 0. The van der Waals surface area contributed by atoms with Crippen molar-refractivity contribution < 1.29 is 13.9 Å². The Kier molecular flexibility index (Phi) is 4.99. The predicted molar refractivity (Wildman–Crippen MR) is 134 cm³/mol. The van der Waals surface area contributed by atoms with Crippen LogP contribution in [-0.2, 0) is 0 Å². The van der Waals surface area contributed by atoms with E-state index in [9.17, 15) is 0 Å². The number of pyridine rings is 2. The van der Waals surface area contributed by atoms with Crippen LogP contribution < -0.4 is 25.0 Å². The maximum Gasteiger partial charge on any atom is 0.172 e. The van der Waals surface area contributed by atoms with Crippen molar-refractivity contribution in [1.82, 2.24) is 34.9 Å². The summed E-state index contributed by atoms with van der Waals surface area (Å²) in [7, 11) is 0. The average Bonchev–Trinajstić information content (AvgIpc) is 3.34. The van der Waals surface area contributed by atoms with Gasteiger partial charge in [0, 0.05) is 44.0 Å². The minimum Gasteiger partial charge on any atom is -0.488 e. The Bertz CT molecular complexity index is 1660. The molecule has 6 heterocycles. The number of benzene rings is 1. The van der Waals surface area contributed by atoms with Crippen molar-refractivity contribution in [2.75, 3.05) is 36.5 Å². The Balaban J connectivity index is 1.21. The standard InChI is InChI=1S/C25H22FN9O2/c1-14-6-18(17(26)8-20(14)37-16-2-4-35-22(7-16)29-13-31-35)32-24-23-19(28-12-30-24)9-21-25(33-23)34-5-3-27-15(10-34)11-36-21/h2,4,6-9,12-13,15,27H,3,5,10-11H2,1H3,(H,28,30,32). The summed E-state index contributed by atoms with van der Waals surface area (Å²) < 4.78 is 28.8. The van der Waals surface area contributed by atoms with Crippen molar-refractivity contribution in [3.63, 3.8) is 0 Å². The molecule has 0 aliphatic carbocycles. The first-order valence-electron chi connectivity index (χ1n) is 11.9. The number of anilines is 3. The van der Waals surface area contributed by atoms with E-state index in [1.54, 1.807) is 28.9 Å². The van der Waals surface area contributed by atoms with Gasteiger partial charge in [0.15, 0.2) is 23.0 Å². The molecule has 1 aromatic carbocycles. The van der Waals surface area contributed by atoms with Gasteiger partial charge in [-0.3, -0.25) is 0 Å². The van der Waals surface area contributed by atoms with Crippen LogP contribution in [0.25, 0.3) is 16.7 Å². The quantitative estimate of drug-likeness (QED) is 0.382. The van der Waals surface area contributed by atoms with Gasteiger partial charge in [0.1, 0.15) is 42.1 Å². The van der Waals surface area contributed by atoms with Crippen LogP contribution in [0.15, 0.2) is 49.2 Å². The van der Waals surface area contributed by atoms with Crippen LogP contribution in [0.4, 0.5) is 21.7 Å². The zero-order chi connectivity index (χ0) is 24.9. The third-order valence-corrected chi connectivity index (χ3v) is 6.55. The molecule has 37 heavy (non-hydrogen) atoms. The van der Waals surface area contributed by atoms with E-state index in [4.69, 9.17) is 14.5 Å². The van der Waals surface area contributed by atoms with Gasteiger partial charge in [0.25, 0.3) is 0 Å². The lowest BCUT2D eigenvalue weighted by molar-refractivity contribution is 0.271. The SMILES string of the molecule is Cc1cc(Nc2ncnc3cc4c(nc23)N2CCNC(CO4)C2)c(F)cc1Oc1ccn2ncnc2c1. The maximum atomic E-state index is 15.2. The topological polar surface area (TPSA) is 115 Å². The number of hydrogen-bond acceptors (Lipinski definition) is 10. The fourth-order valence-corrected chi connectivity index (χ4v) is 4.69. The van der Waals surface area contributed by atoms with E-state index in [0.29, 0.717) is 46.4 Å². The second-order valence-corrected chi connectivity index (χ2v) is 9.06. The first-order chi connectivity index (χ1) is 18.1. The van der Waals surface area contributed by atoms with Crippen molar-refractivity contribution in [3.05, 3.63) is 60.6 Å². The van der Waals surface area contributed by atoms with Gasteiger partial charge in [-0.25, -0.2) is 28.8 Å². The number of halogens is 1. The molecule has 4 aromatic heterocycles. The number of hydrogen-bond donors (Lipinski definition) is 2. The van der Waals surface area contributed by atoms with Gasteiger partial charge in [-0.2, -0.15) is 5.10 Å². The van der Waals surface area contributed by atoms with Gasteiger partial charge in [0.2, 0.25) is 0 Å². The van der Waals surface area contributed by atoms with Gasteiger partial charge in [-0.15, -0.1) is 0 Å². The zero-order valence-corrected chi connectivity index (χ0v) is 19.8. The summed E-state index contributed by atoms with van der Waals surface area (Å²) in [4.78, 5) is 20.0. The lowest BCUT2D eigenvalue weighted by Crippen LogP contribution is -2.51. The smallest absolute Gasteiger partial charge is 0.172 e. The number of aryl methyl sites for hydroxylation is 1. The van der Waals surface area contributed by atoms with Crippen LogP contribution in [0.3, 0.4) is 0 Å². The van der Waals surface area contributed by atoms with Gasteiger partial charge >= 0.3 is 0 Å². The molecule has 11 nitrogen and oxygen atoms in total. The highest BCUT2D eigenvalue weighted by molar-refractivity contribution is 5.90. The molecule has 1 fully saturated rings. The molecule has 2 aliphatic rings. The molecule has 1 saturated heterocycles. The number of ether oxygens (including phenoxy) is 2. The molecule has 7 rings (SSSR count). The number of nitrogens with zero attached hydrogens (tertiary/aromatic N) is 7. The Morgan fingerprint density at radius 1 is 1.16 bits per heavy atom. The lowest BCUT2D eigenvalue weighted by atomic mass is 10.2. The van der Waals surface area contributed by atoms with Crippen molar-refractivity contribution >= 4 is 34.0 Å². The number of aromatic nitrogens is 6. The summed E-state index contributed by atoms with van der Waals surface area (Å²) in [6.07, 6.45) is 4.62. The first kappa shape index (κ1) is 21.7. The van der Waals surface area contributed by atoms with Crippen LogP contribution in [0.1, 0.15) is 5.56 Å². The third-order valence-electron chi connectivity index (χ3n) is 6.55. The Labute approximate surface area is 210 Å². The van der Waals surface area contributed by atoms with Gasteiger partial charge < -0.3 is 25.0 Å². The fourth-order valence-electron chi connectivity index (χ4n) is 4.69. The van der Waals surface area contributed by atoms with E-state index in [1.807, 2.05) is 13.0 Å². The molecule has 0 saturated carbocycles. The molecule has 0 amide bonds. The predicted octanol–water partition coefficient (Wildman–Crippen LogP) is 3.22. The normalized spacial score (nSPS) is 16.8. The van der Waals surface area contributed by atoms with Crippen molar-refractivity contribution in [2.24, 2.45) is 0 Å². The Morgan fingerprint density at radius 3 is 3.05 bits per heavy atom. The average molecular weight is 500 g/mol. The molecular weight excluding hydrogens is 477 g/mol. The van der Waals surface area contributed by atoms with Gasteiger partial charge in [0.05, 0.1) is 17.2 Å². The van der Waals surface area contributed by atoms with E-state index in [1.165, 1.54) is 18.7 Å². The number of piperazine rings is 1. The minimum absolute atomic E-state index is 0.242. The summed E-state index contributed by atoms with van der Waals surface area (Å²) in [5.41, 5.74) is 2.79. The van der Waals surface area contributed by atoms with E-state index >= 15 is 4.39 Å². The molecule has 1 unspecified atom stereocenters. The molecule has 1 atom stereocenters. The molecule has 2 aliphatic heterocycles. The second-order valence-electron chi connectivity index (χ2n) is 9.06. The minimum atomic E-state index is -0.487. The van der Waals surface area contributed by atoms with E-state index in [2.05, 4.69) is 35.6 Å². The van der Waals surface area contributed by atoms with E-state index in [-0.39, 0.29) is 11.7 Å². The highest BCUT2D eigenvalue weighted by atomic mass is 19.1. The summed E-state index contributed by atoms with van der Waals surface area (Å²) in [6, 6.07) is 8.63. The Hall–Kier alpha value is -4.58. The zero-order valence-electron chi connectivity index (χ0n) is 19.8. The fraction of sp³-hybridized carbons (Fsp3) is 0.240. The van der Waals surface area contributed by atoms with Crippen molar-refractivity contribution in [3.8, 4) is 17.2 Å². The van der Waals surface area contributed by atoms with Crippen molar-refractivity contribution in [2.45, 2.75) is 13.0 Å². The van der Waals surface area contributed by atoms with Crippen molar-refractivity contribution in [1.29, 1.82) is 0 Å². The molecular formula is C25H22FN9O2. The lowest BCUT2D eigenvalue weighted by Gasteiger charge is -2.31. The highest BCUT2D eigenvalue weighted by Gasteiger charge is 2.28. The van der Waals surface area contributed by atoms with E-state index in [0.717, 1.165) is 31.0 Å². The number of nitrogens with one attached hydrogen (secondary N) is 2. The number of fused-ring (bicyclic) bond motifs is 6. The van der Waals surface area contributed by atoms with Crippen LogP contribution in [-0.4, -0.2) is 61.8 Å². The summed E-state index contributed by atoms with van der Waals surface area (Å²) in [5.74, 6) is 2.29. The molecule has 2 N–H and O–H groups in total. The number of rotatable bonds is 4. The molecule has 5 aromatic rings. The second kappa shape index (κ2) is 8.52. The van der Waals surface area contributed by atoms with Crippen LogP contribution in [0.5, 0.6) is 17.2 Å². The molecule has 2 bridgehead atoms. The highest BCUT2D eigenvalue weighted by Crippen LogP contribution is 2.36. The van der Waals surface area contributed by atoms with Gasteiger partial charge in [-0.1, -0.05) is 0 Å². The molecule has 0 spiro atoms. The van der Waals surface area contributed by atoms with Crippen LogP contribution in [0.2, 0.25) is 0 Å².